The summed E-state index contributed by atoms with van der Waals surface area (Å²) in [4.78, 5) is 2.41. The van der Waals surface area contributed by atoms with Gasteiger partial charge in [-0.2, -0.15) is 0 Å². The van der Waals surface area contributed by atoms with Crippen LogP contribution in [0.1, 0.15) is 17.9 Å². The lowest BCUT2D eigenvalue weighted by atomic mass is 9.96. The van der Waals surface area contributed by atoms with Crippen molar-refractivity contribution in [2.45, 2.75) is 17.2 Å². The van der Waals surface area contributed by atoms with Crippen LogP contribution in [-0.2, 0) is 10.0 Å². The molecule has 3 aromatic carbocycles. The van der Waals surface area contributed by atoms with Crippen LogP contribution in [0.25, 0.3) is 11.1 Å². The lowest BCUT2D eigenvalue weighted by molar-refractivity contribution is 0.386. The molecule has 1 heterocycles. The third-order valence-corrected chi connectivity index (χ3v) is 6.88. The Hall–Kier alpha value is -2.83. The first kappa shape index (κ1) is 20.4. The number of rotatable bonds is 7. The Morgan fingerprint density at radius 1 is 0.933 bits per heavy atom. The maximum absolute atomic E-state index is 13.1. The molecule has 1 unspecified atom stereocenters. The smallest absolute Gasteiger partial charge is 0.261 e. The van der Waals surface area contributed by atoms with Gasteiger partial charge in [-0.1, -0.05) is 48.5 Å². The van der Waals surface area contributed by atoms with Crippen molar-refractivity contribution in [3.63, 3.8) is 0 Å². The van der Waals surface area contributed by atoms with Crippen molar-refractivity contribution in [1.82, 2.24) is 4.90 Å². The molecule has 0 aliphatic carbocycles. The zero-order valence-electron chi connectivity index (χ0n) is 17.3. The average molecular weight is 422 g/mol. The lowest BCUT2D eigenvalue weighted by Gasteiger charge is -2.18. The molecule has 1 atom stereocenters. The Morgan fingerprint density at radius 2 is 1.63 bits per heavy atom. The summed E-state index contributed by atoms with van der Waals surface area (Å²) in [5.74, 6) is 0.279. The van der Waals surface area contributed by atoms with E-state index in [1.807, 2.05) is 60.7 Å². The number of sulfonamides is 1. The zero-order chi connectivity index (χ0) is 21.1. The molecule has 0 radical (unpaired) electrons. The van der Waals surface area contributed by atoms with Gasteiger partial charge >= 0.3 is 0 Å². The second-order valence-electron chi connectivity index (χ2n) is 7.93. The average Bonchev–Trinajstić information content (AvgIpc) is 3.17. The molecule has 0 spiro atoms. The summed E-state index contributed by atoms with van der Waals surface area (Å²) in [5.41, 5.74) is 4.78. The van der Waals surface area contributed by atoms with Crippen LogP contribution < -0.4 is 10.0 Å². The van der Waals surface area contributed by atoms with Gasteiger partial charge in [0.15, 0.2) is 0 Å². The van der Waals surface area contributed by atoms with Crippen LogP contribution in [0, 0.1) is 0 Å². The van der Waals surface area contributed by atoms with E-state index in [4.69, 9.17) is 0 Å². The van der Waals surface area contributed by atoms with Crippen LogP contribution in [0.5, 0.6) is 0 Å². The van der Waals surface area contributed by atoms with Gasteiger partial charge in [0.25, 0.3) is 10.0 Å². The lowest BCUT2D eigenvalue weighted by Crippen LogP contribution is -2.18. The summed E-state index contributed by atoms with van der Waals surface area (Å²) in [7, 11) is 0.428. The summed E-state index contributed by atoms with van der Waals surface area (Å²) < 4.78 is 29.0. The molecular formula is C24H27N3O2S. The third-order valence-electron chi connectivity index (χ3n) is 5.49. The van der Waals surface area contributed by atoms with Gasteiger partial charge < -0.3 is 10.2 Å². The maximum atomic E-state index is 13.1. The van der Waals surface area contributed by atoms with Gasteiger partial charge in [0.1, 0.15) is 0 Å². The van der Waals surface area contributed by atoms with Crippen LogP contribution in [-0.4, -0.2) is 40.5 Å². The summed E-state index contributed by atoms with van der Waals surface area (Å²) in [6.07, 6.45) is 0.970. The first-order valence-electron chi connectivity index (χ1n) is 10.1. The van der Waals surface area contributed by atoms with Gasteiger partial charge in [0.2, 0.25) is 0 Å². The predicted octanol–water partition coefficient (Wildman–Crippen LogP) is 4.62. The van der Waals surface area contributed by atoms with Crippen molar-refractivity contribution in [1.29, 1.82) is 0 Å². The molecule has 156 valence electrons. The molecule has 1 aliphatic heterocycles. The molecule has 0 bridgehead atoms. The number of fused-ring (bicyclic) bond motifs is 1. The minimum atomic E-state index is -3.68. The molecule has 2 N–H and O–H groups in total. The first-order chi connectivity index (χ1) is 14.4. The van der Waals surface area contributed by atoms with E-state index < -0.39 is 10.0 Å². The molecule has 0 aromatic heterocycles. The molecule has 0 amide bonds. The highest BCUT2D eigenvalue weighted by Crippen LogP contribution is 2.39. The van der Waals surface area contributed by atoms with Crippen molar-refractivity contribution in [3.8, 4) is 11.1 Å². The maximum Gasteiger partial charge on any atom is 0.261 e. The van der Waals surface area contributed by atoms with E-state index in [0.717, 1.165) is 41.9 Å². The van der Waals surface area contributed by atoms with E-state index in [-0.39, 0.29) is 10.8 Å². The van der Waals surface area contributed by atoms with Gasteiger partial charge in [-0.15, -0.1) is 0 Å². The van der Waals surface area contributed by atoms with E-state index in [1.165, 1.54) is 0 Å². The van der Waals surface area contributed by atoms with Crippen LogP contribution in [0.4, 0.5) is 11.4 Å². The summed E-state index contributed by atoms with van der Waals surface area (Å²) in [5, 5.41) is 3.41. The molecule has 0 fully saturated rings. The number of anilines is 2. The summed E-state index contributed by atoms with van der Waals surface area (Å²) in [6.45, 7) is 1.78. The minimum absolute atomic E-state index is 0.260. The Balaban J connectivity index is 1.58. The largest absolute Gasteiger partial charge is 0.384 e. The van der Waals surface area contributed by atoms with Gasteiger partial charge in [0.05, 0.1) is 10.6 Å². The SMILES string of the molecule is CN(C)CCC1CNc2cccc(NS(=O)(=O)c3ccc(-c4ccccc4)cc3)c21. The van der Waals surface area contributed by atoms with E-state index in [0.29, 0.717) is 5.69 Å². The second-order valence-corrected chi connectivity index (χ2v) is 9.61. The standard InChI is InChI=1S/C24H27N3O2S/c1-27(2)16-15-20-17-25-22-9-6-10-23(24(20)22)26-30(28,29)21-13-11-19(12-14-21)18-7-4-3-5-8-18/h3-14,20,25-26H,15-17H2,1-2H3. The van der Waals surface area contributed by atoms with E-state index in [9.17, 15) is 8.42 Å². The third kappa shape index (κ3) is 4.35. The van der Waals surface area contributed by atoms with E-state index in [2.05, 4.69) is 29.0 Å². The zero-order valence-corrected chi connectivity index (χ0v) is 18.1. The Kier molecular flexibility index (Phi) is 5.79. The Morgan fingerprint density at radius 3 is 2.33 bits per heavy atom. The quantitative estimate of drug-likeness (QED) is 0.585. The molecule has 1 aliphatic rings. The molecular weight excluding hydrogens is 394 g/mol. The first-order valence-corrected chi connectivity index (χ1v) is 11.6. The molecule has 5 nitrogen and oxygen atoms in total. The van der Waals surface area contributed by atoms with Crippen LogP contribution in [0.2, 0.25) is 0 Å². The van der Waals surface area contributed by atoms with Gasteiger partial charge in [-0.05, 0) is 62.5 Å². The number of hydrogen-bond acceptors (Lipinski definition) is 4. The van der Waals surface area contributed by atoms with Crippen LogP contribution >= 0.6 is 0 Å². The van der Waals surface area contributed by atoms with Gasteiger partial charge in [-0.3, -0.25) is 4.72 Å². The fourth-order valence-electron chi connectivity index (χ4n) is 3.90. The predicted molar refractivity (Wildman–Crippen MR) is 124 cm³/mol. The van der Waals surface area contributed by atoms with Gasteiger partial charge in [-0.25, -0.2) is 8.42 Å². The van der Waals surface area contributed by atoms with Crippen molar-refractivity contribution >= 4 is 21.4 Å². The monoisotopic (exact) mass is 421 g/mol. The topological polar surface area (TPSA) is 61.4 Å². The van der Waals surface area contributed by atoms with Crippen molar-refractivity contribution in [3.05, 3.63) is 78.4 Å². The normalized spacial score (nSPS) is 15.6. The van der Waals surface area contributed by atoms with Crippen molar-refractivity contribution in [2.24, 2.45) is 0 Å². The highest BCUT2D eigenvalue weighted by Gasteiger charge is 2.27. The molecule has 3 aromatic rings. The Bertz CT molecular complexity index is 1110. The molecule has 4 rings (SSSR count). The second kappa shape index (κ2) is 8.50. The molecule has 0 saturated heterocycles. The molecule has 0 saturated carbocycles. The highest BCUT2D eigenvalue weighted by molar-refractivity contribution is 7.92. The van der Waals surface area contributed by atoms with Crippen molar-refractivity contribution < 1.29 is 8.42 Å². The number of nitrogens with one attached hydrogen (secondary N) is 2. The van der Waals surface area contributed by atoms with E-state index >= 15 is 0 Å². The molecule has 30 heavy (non-hydrogen) atoms. The van der Waals surface area contributed by atoms with Gasteiger partial charge in [0, 0.05) is 23.7 Å². The summed E-state index contributed by atoms with van der Waals surface area (Å²) >= 11 is 0. The van der Waals surface area contributed by atoms with Crippen LogP contribution in [0.3, 0.4) is 0 Å². The van der Waals surface area contributed by atoms with Crippen molar-refractivity contribution in [2.75, 3.05) is 37.2 Å². The fourth-order valence-corrected chi connectivity index (χ4v) is 4.98. The highest BCUT2D eigenvalue weighted by atomic mass is 32.2. The number of hydrogen-bond donors (Lipinski definition) is 2. The van der Waals surface area contributed by atoms with Crippen LogP contribution in [0.15, 0.2) is 77.7 Å². The Labute approximate surface area is 178 Å². The van der Waals surface area contributed by atoms with E-state index in [1.54, 1.807) is 12.1 Å². The minimum Gasteiger partial charge on any atom is -0.384 e. The number of benzene rings is 3. The summed E-state index contributed by atoms with van der Waals surface area (Å²) in [6, 6.07) is 22.7. The molecule has 6 heteroatoms. The number of nitrogens with zero attached hydrogens (tertiary/aromatic N) is 1. The fraction of sp³-hybridized carbons (Fsp3) is 0.250.